The van der Waals surface area contributed by atoms with E-state index in [1.165, 1.54) is 257 Å². The Balaban J connectivity index is 4.40. The molecule has 690 valence electrons. The molecule has 0 saturated carbocycles. The molecule has 5 unspecified atom stereocenters. The number of rotatable bonds is 93. The summed E-state index contributed by atoms with van der Waals surface area (Å²) in [5.41, 5.74) is 0. The lowest BCUT2D eigenvalue weighted by atomic mass is 10.0. The second-order valence-corrected chi connectivity index (χ2v) is 35.8. The number of hydrogen-bond donors (Lipinski definition) is 4. The molecule has 0 rings (SSSR count). The smallest absolute Gasteiger partial charge is 0.463 e. The number of hydrogen-bond acceptors (Lipinski definition) is 14. The third-order valence-electron chi connectivity index (χ3n) is 21.2. The van der Waals surface area contributed by atoms with Gasteiger partial charge in [-0.05, 0) is 116 Å². The van der Waals surface area contributed by atoms with Gasteiger partial charge in [-0.1, -0.05) is 431 Å². The first-order valence-electron chi connectivity index (χ1n) is 48.8. The molecule has 0 spiro atoms. The molecule has 0 aromatic carbocycles. The number of carbonyl (C=O) groups is 3. The highest BCUT2D eigenvalue weighted by molar-refractivity contribution is 7.47. The highest BCUT2D eigenvalue weighted by Crippen LogP contribution is 2.45. The van der Waals surface area contributed by atoms with Crippen LogP contribution in [0.25, 0.3) is 0 Å². The maximum atomic E-state index is 13.0. The average Bonchev–Trinajstić information content (AvgIpc) is 0.900. The summed E-state index contributed by atoms with van der Waals surface area (Å²) in [6.45, 7) is 2.63. The first-order chi connectivity index (χ1) is 58.2. The number of ether oxygens (including phenoxy) is 3. The van der Waals surface area contributed by atoms with Crippen molar-refractivity contribution in [3.63, 3.8) is 0 Å². The summed E-state index contributed by atoms with van der Waals surface area (Å²) in [5.74, 6) is -1.55. The Morgan fingerprint density at radius 3 is 0.723 bits per heavy atom. The number of carbonyl (C=O) groups excluding carboxylic acids is 3. The third-order valence-corrected chi connectivity index (χ3v) is 23.1. The molecular weight excluding hydrogens is 1530 g/mol. The van der Waals surface area contributed by atoms with E-state index in [-0.39, 0.29) is 19.3 Å². The first-order valence-corrected chi connectivity index (χ1v) is 51.8. The monoisotopic (exact) mass is 1710 g/mol. The molecule has 0 amide bonds. The molecule has 119 heavy (non-hydrogen) atoms. The van der Waals surface area contributed by atoms with Crippen molar-refractivity contribution in [2.75, 3.05) is 39.6 Å². The highest BCUT2D eigenvalue weighted by Gasteiger charge is 2.30. The summed E-state index contributed by atoms with van der Waals surface area (Å²) in [6, 6.07) is 0. The zero-order chi connectivity index (χ0) is 86.5. The van der Waals surface area contributed by atoms with Crippen LogP contribution in [-0.4, -0.2) is 95.9 Å². The lowest BCUT2D eigenvalue weighted by Crippen LogP contribution is -2.30. The minimum Gasteiger partial charge on any atom is -0.463 e. The molecule has 0 aliphatic carbocycles. The average molecular weight is 1710 g/mol. The fourth-order valence-electron chi connectivity index (χ4n) is 13.8. The van der Waals surface area contributed by atoms with E-state index in [0.717, 1.165) is 128 Å². The van der Waals surface area contributed by atoms with Crippen molar-refractivity contribution in [3.8, 4) is 0 Å². The number of esters is 3. The van der Waals surface area contributed by atoms with Crippen LogP contribution in [0.4, 0.5) is 0 Å². The van der Waals surface area contributed by atoms with E-state index in [2.05, 4.69) is 142 Å². The van der Waals surface area contributed by atoms with Crippen LogP contribution >= 0.6 is 15.6 Å². The molecule has 5 atom stereocenters. The number of allylic oxidation sites excluding steroid dienone is 20. The highest BCUT2D eigenvalue weighted by atomic mass is 31.2. The van der Waals surface area contributed by atoms with Gasteiger partial charge in [0.2, 0.25) is 0 Å². The summed E-state index contributed by atoms with van der Waals surface area (Å²) in [4.78, 5) is 59.0. The van der Waals surface area contributed by atoms with Gasteiger partial charge < -0.3 is 34.2 Å². The number of aliphatic hydroxyl groups excluding tert-OH is 2. The van der Waals surface area contributed by atoms with Crippen LogP contribution in [0.1, 0.15) is 445 Å². The van der Waals surface area contributed by atoms with Gasteiger partial charge in [0, 0.05) is 19.3 Å². The first kappa shape index (κ1) is 115. The minimum absolute atomic E-state index is 0.109. The molecule has 0 heterocycles. The Hall–Kier alpha value is -4.05. The Bertz CT molecular complexity index is 2640. The van der Waals surface area contributed by atoms with Gasteiger partial charge in [0.05, 0.1) is 26.4 Å². The predicted molar refractivity (Wildman–Crippen MR) is 500 cm³/mol. The third kappa shape index (κ3) is 94.5. The molecule has 16 nitrogen and oxygen atoms in total. The fourth-order valence-corrected chi connectivity index (χ4v) is 15.4. The van der Waals surface area contributed by atoms with Crippen LogP contribution in [-0.2, 0) is 55.8 Å². The van der Waals surface area contributed by atoms with Crippen molar-refractivity contribution < 1.29 is 75.8 Å². The van der Waals surface area contributed by atoms with Crippen LogP contribution in [0.5, 0.6) is 0 Å². The topological polar surface area (TPSA) is 231 Å². The number of phosphoric ester groups is 2. The quantitative estimate of drug-likeness (QED) is 0.0146. The molecular formula is C101H180O16P2. The van der Waals surface area contributed by atoms with E-state index in [1.807, 2.05) is 0 Å². The molecule has 0 saturated heterocycles. The van der Waals surface area contributed by atoms with E-state index >= 15 is 0 Å². The summed E-state index contributed by atoms with van der Waals surface area (Å²) in [6.07, 6.45) is 116. The van der Waals surface area contributed by atoms with Crippen molar-refractivity contribution in [3.05, 3.63) is 122 Å². The summed E-state index contributed by atoms with van der Waals surface area (Å²) in [7, 11) is -9.79. The van der Waals surface area contributed by atoms with E-state index < -0.39 is 91.5 Å². The van der Waals surface area contributed by atoms with Gasteiger partial charge in [0.15, 0.2) is 6.10 Å². The number of unbranched alkanes of at least 4 members (excludes halogenated alkanes) is 50. The molecule has 4 N–H and O–H groups in total. The Kier molecular flexibility index (Phi) is 89.9. The van der Waals surface area contributed by atoms with Crippen LogP contribution in [0.3, 0.4) is 0 Å². The van der Waals surface area contributed by atoms with Gasteiger partial charge >= 0.3 is 33.6 Å². The minimum atomic E-state index is -4.93. The fraction of sp³-hybridized carbons (Fsp3) is 0.772. The van der Waals surface area contributed by atoms with Crippen molar-refractivity contribution in [1.82, 2.24) is 0 Å². The zero-order valence-electron chi connectivity index (χ0n) is 76.3. The van der Waals surface area contributed by atoms with Gasteiger partial charge in [0.1, 0.15) is 25.4 Å². The molecule has 0 fully saturated rings. The summed E-state index contributed by atoms with van der Waals surface area (Å²) >= 11 is 0. The maximum absolute atomic E-state index is 13.0. The lowest BCUT2D eigenvalue weighted by molar-refractivity contribution is -0.161. The van der Waals surface area contributed by atoms with E-state index in [9.17, 15) is 43.5 Å². The molecule has 0 aromatic rings. The van der Waals surface area contributed by atoms with E-state index in [1.54, 1.807) is 0 Å². The van der Waals surface area contributed by atoms with Crippen LogP contribution in [0.15, 0.2) is 122 Å². The predicted octanol–water partition coefficient (Wildman–Crippen LogP) is 30.3. The largest absolute Gasteiger partial charge is 0.472 e. The van der Waals surface area contributed by atoms with Gasteiger partial charge in [0.25, 0.3) is 0 Å². The maximum Gasteiger partial charge on any atom is 0.472 e. The van der Waals surface area contributed by atoms with E-state index in [4.69, 9.17) is 32.3 Å². The molecule has 0 radical (unpaired) electrons. The van der Waals surface area contributed by atoms with E-state index in [0.29, 0.717) is 19.3 Å². The van der Waals surface area contributed by atoms with Crippen molar-refractivity contribution in [1.29, 1.82) is 0 Å². The second-order valence-electron chi connectivity index (χ2n) is 32.9. The molecule has 0 bridgehead atoms. The summed E-state index contributed by atoms with van der Waals surface area (Å²) in [5, 5.41) is 20.7. The summed E-state index contributed by atoms with van der Waals surface area (Å²) < 4.78 is 61.5. The van der Waals surface area contributed by atoms with Crippen molar-refractivity contribution in [2.45, 2.75) is 463 Å². The van der Waals surface area contributed by atoms with Gasteiger partial charge in [-0.3, -0.25) is 32.5 Å². The number of phosphoric acid groups is 2. The lowest BCUT2D eigenvalue weighted by Gasteiger charge is -2.21. The van der Waals surface area contributed by atoms with Crippen molar-refractivity contribution >= 4 is 33.6 Å². The molecule has 0 aliphatic rings. The van der Waals surface area contributed by atoms with Gasteiger partial charge in [-0.2, -0.15) is 0 Å². The second kappa shape index (κ2) is 93.1. The van der Waals surface area contributed by atoms with Crippen molar-refractivity contribution in [2.24, 2.45) is 0 Å². The van der Waals surface area contributed by atoms with Crippen LogP contribution in [0.2, 0.25) is 0 Å². The van der Waals surface area contributed by atoms with Crippen LogP contribution < -0.4 is 0 Å². The normalized spacial score (nSPS) is 14.2. The zero-order valence-corrected chi connectivity index (χ0v) is 78.1. The Morgan fingerprint density at radius 1 is 0.244 bits per heavy atom. The molecule has 0 aromatic heterocycles. The van der Waals surface area contributed by atoms with Crippen LogP contribution in [0, 0.1) is 0 Å². The Morgan fingerprint density at radius 2 is 0.445 bits per heavy atom. The molecule has 18 heteroatoms. The standard InChI is InChI=1S/C101H180O16P2/c1-4-7-10-13-16-19-22-25-28-30-32-34-36-38-40-42-44-46-47-49-51-52-54-56-58-60-62-64-67-69-72-75-78-81-84-87-99(104)111-90-96(102)91-113-118(107,108)114-92-97(103)93-115-119(109,110)116-95-98(117-101(106)89-86-83-80-77-74-71-66-27-24-21-18-15-12-9-6-3)94-112-100(105)88-85-82-79-76-73-70-68-65-63-61-59-57-55-53-50-48-45-43-41-39-37-35-33-31-29-26-23-20-17-14-11-8-5-2/h8,11,16-17,19-20,25-26,28-29,32-35,38-41,45,48,96-98,102-103H,4-7,9-10,12-15,18,21-24,27,30-31,36-37,42-44,46-47,49-95H2,1-3H3,(H,107,108)(H,109,110)/b11-8-,19-16-,20-17-,28-25-,29-26-,34-32-,35-33-,40-38-,41-39-,48-45-. The van der Waals surface area contributed by atoms with Gasteiger partial charge in [-0.25, -0.2) is 9.13 Å². The Labute approximate surface area is 729 Å². The van der Waals surface area contributed by atoms with Gasteiger partial charge in [-0.15, -0.1) is 0 Å². The molecule has 0 aliphatic heterocycles. The number of aliphatic hydroxyl groups is 2. The SMILES string of the molecule is CC/C=C\C/C=C\C/C=C\C/C=C\C/C=C\C/C=C\CCCCCCCCCCCCCCCCC(=O)OCC(COP(=O)(O)OCC(O)COP(=O)(O)OCC(O)COC(=O)CCCCCCCCCCCCCCCCCCCCC/C=C\C/C=C\C/C=C\C/C=C\CCCCC)OC(=O)CCCCCCCCCCCCCCCCC.